The number of ether oxygens (including phenoxy) is 2. The van der Waals surface area contributed by atoms with E-state index in [9.17, 15) is 14.3 Å². The highest BCUT2D eigenvalue weighted by Crippen LogP contribution is 2.43. The lowest BCUT2D eigenvalue weighted by molar-refractivity contribution is -0.870. The molecule has 0 aliphatic heterocycles. The van der Waals surface area contributed by atoms with Gasteiger partial charge in [0.1, 0.15) is 19.3 Å². The molecule has 64 heavy (non-hydrogen) atoms. The van der Waals surface area contributed by atoms with Crippen LogP contribution >= 0.6 is 7.82 Å². The SMILES string of the molecule is CCCCCCCCCCCCCCCCCCCCCCCCCCOCC(COP(=O)(O)OCC[N+](C)(C)C)OC(=O)CCCCCCCCCCCCCCCCCCCC. The lowest BCUT2D eigenvalue weighted by Gasteiger charge is -2.24. The maximum absolute atomic E-state index is 12.8. The fourth-order valence-corrected chi connectivity index (χ4v) is 9.30. The average Bonchev–Trinajstić information content (AvgIpc) is 3.25. The van der Waals surface area contributed by atoms with Crippen LogP contribution in [0.25, 0.3) is 0 Å². The number of carbonyl (C=O) groups excluding carboxylic acids is 1. The minimum absolute atomic E-state index is 0.0944. The summed E-state index contributed by atoms with van der Waals surface area (Å²) in [6, 6.07) is 0. The largest absolute Gasteiger partial charge is 0.472 e. The molecule has 0 aliphatic carbocycles. The van der Waals surface area contributed by atoms with Gasteiger partial charge in [-0.05, 0) is 12.8 Å². The molecule has 0 fully saturated rings. The van der Waals surface area contributed by atoms with Crippen molar-refractivity contribution in [3.05, 3.63) is 0 Å². The van der Waals surface area contributed by atoms with Crippen molar-refractivity contribution in [1.29, 1.82) is 0 Å². The summed E-state index contributed by atoms with van der Waals surface area (Å²) in [6.07, 6.45) is 55.9. The summed E-state index contributed by atoms with van der Waals surface area (Å²) in [5, 5.41) is 0. The van der Waals surface area contributed by atoms with Crippen LogP contribution in [0.5, 0.6) is 0 Å². The Morgan fingerprint density at radius 1 is 0.422 bits per heavy atom. The van der Waals surface area contributed by atoms with Crippen LogP contribution in [-0.4, -0.2) is 75.6 Å². The van der Waals surface area contributed by atoms with E-state index >= 15 is 0 Å². The first kappa shape index (κ1) is 63.5. The smallest absolute Gasteiger partial charge is 0.457 e. The predicted molar refractivity (Wildman–Crippen MR) is 275 cm³/mol. The van der Waals surface area contributed by atoms with Crippen LogP contribution in [0.3, 0.4) is 0 Å². The summed E-state index contributed by atoms with van der Waals surface area (Å²) in [7, 11) is 1.69. The second-order valence-electron chi connectivity index (χ2n) is 20.7. The van der Waals surface area contributed by atoms with Gasteiger partial charge in [-0.2, -0.15) is 0 Å². The lowest BCUT2D eigenvalue weighted by atomic mass is 10.0. The molecule has 0 amide bonds. The van der Waals surface area contributed by atoms with E-state index in [-0.39, 0.29) is 25.8 Å². The van der Waals surface area contributed by atoms with Crippen molar-refractivity contribution in [1.82, 2.24) is 0 Å². The van der Waals surface area contributed by atoms with Crippen LogP contribution in [0, 0.1) is 0 Å². The Labute approximate surface area is 399 Å². The predicted octanol–water partition coefficient (Wildman–Crippen LogP) is 17.6. The molecule has 0 aromatic carbocycles. The molecule has 0 bridgehead atoms. The highest BCUT2D eigenvalue weighted by atomic mass is 31.2. The molecule has 0 aromatic heterocycles. The number of carbonyl (C=O) groups is 1. The van der Waals surface area contributed by atoms with E-state index in [1.165, 1.54) is 238 Å². The van der Waals surface area contributed by atoms with Crippen molar-refractivity contribution in [2.45, 2.75) is 296 Å². The Bertz CT molecular complexity index is 992. The lowest BCUT2D eigenvalue weighted by Crippen LogP contribution is -2.37. The summed E-state index contributed by atoms with van der Waals surface area (Å²) in [5.41, 5.74) is 0. The summed E-state index contributed by atoms with van der Waals surface area (Å²) in [6.45, 7) is 5.72. The van der Waals surface area contributed by atoms with Gasteiger partial charge in [0, 0.05) is 13.0 Å². The van der Waals surface area contributed by atoms with Gasteiger partial charge in [-0.25, -0.2) is 4.57 Å². The van der Waals surface area contributed by atoms with Crippen molar-refractivity contribution in [3.8, 4) is 0 Å². The highest BCUT2D eigenvalue weighted by molar-refractivity contribution is 7.47. The molecule has 384 valence electrons. The molecule has 1 N–H and O–H groups in total. The van der Waals surface area contributed by atoms with E-state index in [1.807, 2.05) is 21.1 Å². The second kappa shape index (κ2) is 48.9. The van der Waals surface area contributed by atoms with Crippen LogP contribution < -0.4 is 0 Å². The summed E-state index contributed by atoms with van der Waals surface area (Å²) >= 11 is 0. The van der Waals surface area contributed by atoms with E-state index in [4.69, 9.17) is 18.5 Å². The van der Waals surface area contributed by atoms with E-state index in [2.05, 4.69) is 13.8 Å². The summed E-state index contributed by atoms with van der Waals surface area (Å²) < 4.78 is 35.3. The van der Waals surface area contributed by atoms with E-state index < -0.39 is 13.9 Å². The number of rotatable bonds is 54. The number of esters is 1. The van der Waals surface area contributed by atoms with Crippen LogP contribution in [0.2, 0.25) is 0 Å². The van der Waals surface area contributed by atoms with Crippen molar-refractivity contribution in [2.75, 3.05) is 54.1 Å². The zero-order chi connectivity index (χ0) is 46.9. The van der Waals surface area contributed by atoms with Gasteiger partial charge >= 0.3 is 13.8 Å². The maximum atomic E-state index is 12.8. The van der Waals surface area contributed by atoms with Gasteiger partial charge in [0.2, 0.25) is 0 Å². The number of phosphoric ester groups is 1. The summed E-state index contributed by atoms with van der Waals surface area (Å²) in [4.78, 5) is 23.0. The standard InChI is InChI=1S/C55H112NO7P/c1-6-8-10-12-14-16-18-20-22-24-26-27-28-29-30-31-33-35-37-39-41-43-45-47-50-60-52-54(53-62-64(58,59)61-51-49-56(3,4)5)63-55(57)48-46-44-42-40-38-36-34-32-25-23-21-19-17-15-13-11-9-7-2/h54H,6-53H2,1-5H3/p+1. The van der Waals surface area contributed by atoms with Gasteiger partial charge in [-0.1, -0.05) is 271 Å². The topological polar surface area (TPSA) is 91.3 Å². The Morgan fingerprint density at radius 2 is 0.719 bits per heavy atom. The van der Waals surface area contributed by atoms with Crippen LogP contribution in [-0.2, 0) is 27.9 Å². The van der Waals surface area contributed by atoms with Gasteiger partial charge in [0.25, 0.3) is 0 Å². The summed E-state index contributed by atoms with van der Waals surface area (Å²) in [5.74, 6) is -0.303. The van der Waals surface area contributed by atoms with Crippen molar-refractivity contribution < 1.29 is 37.3 Å². The normalized spacial score (nSPS) is 13.4. The first-order valence-corrected chi connectivity index (χ1v) is 29.8. The highest BCUT2D eigenvalue weighted by Gasteiger charge is 2.26. The zero-order valence-electron chi connectivity index (χ0n) is 43.8. The maximum Gasteiger partial charge on any atom is 0.472 e. The van der Waals surface area contributed by atoms with Gasteiger partial charge in [0.05, 0.1) is 34.4 Å². The molecule has 8 nitrogen and oxygen atoms in total. The fraction of sp³-hybridized carbons (Fsp3) is 0.982. The zero-order valence-corrected chi connectivity index (χ0v) is 44.7. The number of likely N-dealkylation sites (N-methyl/N-ethyl adjacent to an activating group) is 1. The van der Waals surface area contributed by atoms with Crippen molar-refractivity contribution in [2.24, 2.45) is 0 Å². The third kappa shape index (κ3) is 52.5. The van der Waals surface area contributed by atoms with Gasteiger partial charge in [-0.15, -0.1) is 0 Å². The third-order valence-corrected chi connectivity index (χ3v) is 13.9. The molecule has 2 atom stereocenters. The van der Waals surface area contributed by atoms with E-state index in [0.717, 1.165) is 32.1 Å². The molecular formula is C55H113NO7P+. The first-order valence-electron chi connectivity index (χ1n) is 28.3. The Hall–Kier alpha value is -0.500. The van der Waals surface area contributed by atoms with Gasteiger partial charge in [-0.3, -0.25) is 13.8 Å². The number of quaternary nitrogens is 1. The molecule has 0 radical (unpaired) electrons. The molecule has 0 heterocycles. The Morgan fingerprint density at radius 3 is 1.03 bits per heavy atom. The molecule has 0 aromatic rings. The van der Waals surface area contributed by atoms with Gasteiger partial charge in [0.15, 0.2) is 0 Å². The Kier molecular flexibility index (Phi) is 48.6. The monoisotopic (exact) mass is 931 g/mol. The van der Waals surface area contributed by atoms with Crippen molar-refractivity contribution >= 4 is 13.8 Å². The molecule has 0 spiro atoms. The fourth-order valence-electron chi connectivity index (χ4n) is 8.56. The molecule has 0 saturated carbocycles. The van der Waals surface area contributed by atoms with Crippen LogP contribution in [0.1, 0.15) is 290 Å². The number of nitrogens with zero attached hydrogens (tertiary/aromatic N) is 1. The molecular weight excluding hydrogens is 818 g/mol. The van der Waals surface area contributed by atoms with Gasteiger partial charge < -0.3 is 18.9 Å². The first-order chi connectivity index (χ1) is 31.1. The molecule has 9 heteroatoms. The molecule has 0 aliphatic rings. The molecule has 2 unspecified atom stereocenters. The minimum atomic E-state index is -4.27. The number of phosphoric acid groups is 1. The second-order valence-corrected chi connectivity index (χ2v) is 22.1. The minimum Gasteiger partial charge on any atom is -0.457 e. The van der Waals surface area contributed by atoms with E-state index in [0.29, 0.717) is 24.1 Å². The number of hydrogen-bond acceptors (Lipinski definition) is 6. The molecule has 0 rings (SSSR count). The van der Waals surface area contributed by atoms with Crippen LogP contribution in [0.15, 0.2) is 0 Å². The van der Waals surface area contributed by atoms with E-state index in [1.54, 1.807) is 0 Å². The number of unbranched alkanes of at least 4 members (excludes halogenated alkanes) is 40. The quantitative estimate of drug-likeness (QED) is 0.0281. The van der Waals surface area contributed by atoms with Crippen LogP contribution in [0.4, 0.5) is 0 Å². The van der Waals surface area contributed by atoms with Crippen molar-refractivity contribution in [3.63, 3.8) is 0 Å². The Balaban J connectivity index is 4.00. The number of hydrogen-bond donors (Lipinski definition) is 1. The average molecular weight is 931 g/mol. The molecule has 0 saturated heterocycles. The third-order valence-electron chi connectivity index (χ3n) is 12.9.